The Balaban J connectivity index is 4.91. The van der Waals surface area contributed by atoms with Crippen LogP contribution in [-0.2, 0) is 19.1 Å². The van der Waals surface area contributed by atoms with E-state index in [1.54, 1.807) is 13.8 Å². The summed E-state index contributed by atoms with van der Waals surface area (Å²) >= 11 is 0. The van der Waals surface area contributed by atoms with Crippen LogP contribution in [0.2, 0.25) is 0 Å². The van der Waals surface area contributed by atoms with Crippen molar-refractivity contribution in [3.05, 3.63) is 0 Å². The third kappa shape index (κ3) is 4.45. The van der Waals surface area contributed by atoms with E-state index in [2.05, 4.69) is 11.8 Å². The molecule has 0 fully saturated rings. The van der Waals surface area contributed by atoms with Gasteiger partial charge in [-0.2, -0.15) is 0 Å². The maximum atomic E-state index is 11.8. The van der Waals surface area contributed by atoms with Crippen LogP contribution in [0.25, 0.3) is 0 Å². The summed E-state index contributed by atoms with van der Waals surface area (Å²) in [4.78, 5) is 23.5. The standard InChI is InChI=1S/C12H19NO4/c1-4-16-10(14)12(3,8-6-7-9-13)11(15)17-5-2/h4-5,8-9,13H2,1-3H3. The molecule has 0 aliphatic carbocycles. The smallest absolute Gasteiger partial charge is 0.324 e. The molecule has 0 heterocycles. The Bertz CT molecular complexity index is 309. The molecule has 0 radical (unpaired) electrons. The topological polar surface area (TPSA) is 78.6 Å². The van der Waals surface area contributed by atoms with Crippen LogP contribution in [0.3, 0.4) is 0 Å². The summed E-state index contributed by atoms with van der Waals surface area (Å²) in [6, 6.07) is 0. The molecule has 2 N–H and O–H groups in total. The molecule has 96 valence electrons. The molecule has 0 saturated carbocycles. The van der Waals surface area contributed by atoms with Crippen LogP contribution in [0.1, 0.15) is 27.2 Å². The lowest BCUT2D eigenvalue weighted by Gasteiger charge is -2.22. The third-order valence-electron chi connectivity index (χ3n) is 2.12. The molecule has 0 atom stereocenters. The highest BCUT2D eigenvalue weighted by Crippen LogP contribution is 2.25. The Labute approximate surface area is 102 Å². The zero-order valence-electron chi connectivity index (χ0n) is 10.5. The van der Waals surface area contributed by atoms with Crippen molar-refractivity contribution in [2.24, 2.45) is 11.1 Å². The lowest BCUT2D eigenvalue weighted by molar-refractivity contribution is -0.170. The lowest BCUT2D eigenvalue weighted by atomic mass is 9.87. The van der Waals surface area contributed by atoms with Crippen LogP contribution in [0.4, 0.5) is 0 Å². The molecule has 5 heteroatoms. The van der Waals surface area contributed by atoms with Crippen molar-refractivity contribution in [3.8, 4) is 11.8 Å². The van der Waals surface area contributed by atoms with Gasteiger partial charge in [0, 0.05) is 6.42 Å². The number of hydrogen-bond acceptors (Lipinski definition) is 5. The molecule has 0 aliphatic heterocycles. The van der Waals surface area contributed by atoms with Gasteiger partial charge in [0.2, 0.25) is 0 Å². The number of ether oxygens (including phenoxy) is 2. The Hall–Kier alpha value is -1.54. The van der Waals surface area contributed by atoms with Crippen LogP contribution in [-0.4, -0.2) is 31.7 Å². The second kappa shape index (κ2) is 7.69. The Morgan fingerprint density at radius 2 is 1.59 bits per heavy atom. The van der Waals surface area contributed by atoms with E-state index in [0.29, 0.717) is 0 Å². The fraction of sp³-hybridized carbons (Fsp3) is 0.667. The fourth-order valence-electron chi connectivity index (χ4n) is 1.12. The fourth-order valence-corrected chi connectivity index (χ4v) is 1.12. The van der Waals surface area contributed by atoms with Crippen molar-refractivity contribution in [1.29, 1.82) is 0 Å². The molecule has 0 aromatic carbocycles. The second-order valence-corrected chi connectivity index (χ2v) is 3.51. The number of rotatable bonds is 5. The number of carbonyl (C=O) groups excluding carboxylic acids is 2. The maximum absolute atomic E-state index is 11.8. The number of esters is 2. The summed E-state index contributed by atoms with van der Waals surface area (Å²) < 4.78 is 9.73. The van der Waals surface area contributed by atoms with Crippen LogP contribution in [0, 0.1) is 17.3 Å². The molecule has 0 aromatic rings. The predicted molar refractivity (Wildman–Crippen MR) is 62.8 cm³/mol. The molecule has 17 heavy (non-hydrogen) atoms. The number of nitrogens with two attached hydrogens (primary N) is 1. The summed E-state index contributed by atoms with van der Waals surface area (Å²) in [5, 5.41) is 0. The van der Waals surface area contributed by atoms with E-state index in [9.17, 15) is 9.59 Å². The van der Waals surface area contributed by atoms with Gasteiger partial charge in [-0.05, 0) is 20.8 Å². The summed E-state index contributed by atoms with van der Waals surface area (Å²) in [7, 11) is 0. The molecule has 0 aromatic heterocycles. The van der Waals surface area contributed by atoms with Crippen molar-refractivity contribution in [2.75, 3.05) is 19.8 Å². The van der Waals surface area contributed by atoms with Gasteiger partial charge in [-0.1, -0.05) is 5.92 Å². The second-order valence-electron chi connectivity index (χ2n) is 3.51. The van der Waals surface area contributed by atoms with E-state index in [1.807, 2.05) is 0 Å². The first-order chi connectivity index (χ1) is 8.02. The van der Waals surface area contributed by atoms with Crippen molar-refractivity contribution in [3.63, 3.8) is 0 Å². The summed E-state index contributed by atoms with van der Waals surface area (Å²) in [6.45, 7) is 5.41. The normalized spacial score (nSPS) is 10.1. The van der Waals surface area contributed by atoms with Gasteiger partial charge in [-0.15, -0.1) is 5.92 Å². The van der Waals surface area contributed by atoms with Crippen LogP contribution < -0.4 is 5.73 Å². The zero-order valence-corrected chi connectivity index (χ0v) is 10.5. The van der Waals surface area contributed by atoms with E-state index in [4.69, 9.17) is 15.2 Å². The molecule has 0 unspecified atom stereocenters. The SMILES string of the molecule is CCOC(=O)C(C)(CC#CCN)C(=O)OCC. The van der Waals surface area contributed by atoms with E-state index < -0.39 is 17.4 Å². The van der Waals surface area contributed by atoms with Crippen molar-refractivity contribution in [1.82, 2.24) is 0 Å². The lowest BCUT2D eigenvalue weighted by Crippen LogP contribution is -2.39. The first-order valence-corrected chi connectivity index (χ1v) is 5.53. The minimum atomic E-state index is -1.38. The van der Waals surface area contributed by atoms with Gasteiger partial charge in [0.25, 0.3) is 0 Å². The largest absolute Gasteiger partial charge is 0.465 e. The first-order valence-electron chi connectivity index (χ1n) is 5.53. The monoisotopic (exact) mass is 241 g/mol. The van der Waals surface area contributed by atoms with Crippen molar-refractivity contribution in [2.45, 2.75) is 27.2 Å². The Kier molecular flexibility index (Phi) is 6.99. The first kappa shape index (κ1) is 15.5. The van der Waals surface area contributed by atoms with Gasteiger partial charge in [-0.3, -0.25) is 9.59 Å². The highest BCUT2D eigenvalue weighted by atomic mass is 16.6. The molecule has 0 spiro atoms. The average molecular weight is 241 g/mol. The Morgan fingerprint density at radius 3 is 1.94 bits per heavy atom. The Morgan fingerprint density at radius 1 is 1.12 bits per heavy atom. The van der Waals surface area contributed by atoms with E-state index >= 15 is 0 Å². The van der Waals surface area contributed by atoms with Gasteiger partial charge in [0.1, 0.15) is 0 Å². The number of hydrogen-bond donors (Lipinski definition) is 1. The molecule has 0 amide bonds. The zero-order chi connectivity index (χ0) is 13.3. The summed E-state index contributed by atoms with van der Waals surface area (Å²) in [6.07, 6.45) is 0.0435. The minimum Gasteiger partial charge on any atom is -0.465 e. The summed E-state index contributed by atoms with van der Waals surface area (Å²) in [5.74, 6) is 4.05. The molecular formula is C12H19NO4. The van der Waals surface area contributed by atoms with Gasteiger partial charge >= 0.3 is 11.9 Å². The van der Waals surface area contributed by atoms with E-state index in [-0.39, 0.29) is 26.2 Å². The van der Waals surface area contributed by atoms with Crippen LogP contribution >= 0.6 is 0 Å². The maximum Gasteiger partial charge on any atom is 0.324 e. The van der Waals surface area contributed by atoms with Crippen LogP contribution in [0.15, 0.2) is 0 Å². The minimum absolute atomic E-state index is 0.0435. The highest BCUT2D eigenvalue weighted by molar-refractivity contribution is 5.99. The molecular weight excluding hydrogens is 222 g/mol. The predicted octanol–water partition coefficient (Wildman–Crippen LogP) is 0.471. The highest BCUT2D eigenvalue weighted by Gasteiger charge is 2.43. The van der Waals surface area contributed by atoms with Crippen LogP contribution in [0.5, 0.6) is 0 Å². The average Bonchev–Trinajstić information content (AvgIpc) is 2.29. The van der Waals surface area contributed by atoms with Gasteiger partial charge in [-0.25, -0.2) is 0 Å². The van der Waals surface area contributed by atoms with Gasteiger partial charge in [0.15, 0.2) is 5.41 Å². The van der Waals surface area contributed by atoms with Gasteiger partial charge in [0.05, 0.1) is 19.8 Å². The number of carbonyl (C=O) groups is 2. The van der Waals surface area contributed by atoms with Crippen molar-refractivity contribution >= 4 is 11.9 Å². The molecule has 0 bridgehead atoms. The molecule has 5 nitrogen and oxygen atoms in total. The molecule has 0 aliphatic rings. The van der Waals surface area contributed by atoms with E-state index in [0.717, 1.165) is 0 Å². The molecule has 0 rings (SSSR count). The quantitative estimate of drug-likeness (QED) is 0.430. The van der Waals surface area contributed by atoms with Crippen molar-refractivity contribution < 1.29 is 19.1 Å². The third-order valence-corrected chi connectivity index (χ3v) is 2.12. The van der Waals surface area contributed by atoms with Gasteiger partial charge < -0.3 is 15.2 Å². The molecule has 0 saturated heterocycles. The van der Waals surface area contributed by atoms with E-state index in [1.165, 1.54) is 6.92 Å². The summed E-state index contributed by atoms with van der Waals surface area (Å²) in [5.41, 5.74) is 3.84.